The molecule has 1 aromatic carbocycles. The van der Waals surface area contributed by atoms with Gasteiger partial charge in [0.1, 0.15) is 0 Å². The second-order valence-corrected chi connectivity index (χ2v) is 7.82. The van der Waals surface area contributed by atoms with Crippen molar-refractivity contribution in [2.24, 2.45) is 10.2 Å². The summed E-state index contributed by atoms with van der Waals surface area (Å²) in [6, 6.07) is 5.68. The Morgan fingerprint density at radius 2 is 2.14 bits per heavy atom. The average Bonchev–Trinajstić information content (AvgIpc) is 3.26. The Balaban J connectivity index is 1.55. The third-order valence-corrected chi connectivity index (χ3v) is 5.70. The first-order valence-electron chi connectivity index (χ1n) is 8.81. The molecule has 0 saturated carbocycles. The van der Waals surface area contributed by atoms with Crippen molar-refractivity contribution in [2.75, 3.05) is 5.32 Å². The Kier molecular flexibility index (Phi) is 4.60. The van der Waals surface area contributed by atoms with Gasteiger partial charge in [0.15, 0.2) is 6.17 Å². The summed E-state index contributed by atoms with van der Waals surface area (Å²) in [7, 11) is 0. The van der Waals surface area contributed by atoms with Gasteiger partial charge in [0.2, 0.25) is 0 Å². The lowest BCUT2D eigenvalue weighted by atomic mass is 10.2. The fourth-order valence-electron chi connectivity index (χ4n) is 2.87. The van der Waals surface area contributed by atoms with Gasteiger partial charge >= 0.3 is 0 Å². The molecule has 0 spiro atoms. The molecule has 3 heterocycles. The molecule has 142 valence electrons. The number of aromatic nitrogens is 3. The van der Waals surface area contributed by atoms with Gasteiger partial charge < -0.3 is 5.32 Å². The van der Waals surface area contributed by atoms with Crippen LogP contribution < -0.4 is 5.32 Å². The Labute approximate surface area is 165 Å². The highest BCUT2D eigenvalue weighted by Gasteiger charge is 2.20. The number of carbonyl (C=O) groups excluding carboxylic acids is 2. The molecule has 1 aliphatic heterocycles. The predicted octanol–water partition coefficient (Wildman–Crippen LogP) is 4.22. The number of nitrogens with one attached hydrogen (secondary N) is 1. The Hall–Kier alpha value is -3.20. The highest BCUT2D eigenvalue weighted by Crippen LogP contribution is 2.29. The number of thiazole rings is 1. The molecule has 9 heteroatoms. The first-order valence-corrected chi connectivity index (χ1v) is 9.63. The number of carbonyl (C=O) groups is 2. The molecular formula is C19H18N6O2S. The van der Waals surface area contributed by atoms with E-state index in [2.05, 4.69) is 39.5 Å². The second kappa shape index (κ2) is 7.08. The lowest BCUT2D eigenvalue weighted by Crippen LogP contribution is -2.15. The van der Waals surface area contributed by atoms with E-state index < -0.39 is 12.1 Å². The van der Waals surface area contributed by atoms with Crippen molar-refractivity contribution >= 4 is 39.1 Å². The van der Waals surface area contributed by atoms with Gasteiger partial charge in [-0.05, 0) is 31.2 Å². The topological polar surface area (TPSA) is 102 Å². The first-order chi connectivity index (χ1) is 13.4. The molecule has 2 amide bonds. The summed E-state index contributed by atoms with van der Waals surface area (Å²) >= 11 is 1.63. The zero-order valence-corrected chi connectivity index (χ0v) is 16.4. The molecule has 3 aromatic rings. The predicted molar refractivity (Wildman–Crippen MR) is 107 cm³/mol. The molecule has 1 aliphatic rings. The van der Waals surface area contributed by atoms with Gasteiger partial charge in [0.25, 0.3) is 11.8 Å². The third kappa shape index (κ3) is 3.36. The summed E-state index contributed by atoms with van der Waals surface area (Å²) < 4.78 is 2.59. The summed E-state index contributed by atoms with van der Waals surface area (Å²) in [6.45, 7) is 6.00. The minimum atomic E-state index is -0.526. The summed E-state index contributed by atoms with van der Waals surface area (Å²) in [4.78, 5) is 28.5. The Morgan fingerprint density at radius 3 is 2.86 bits per heavy atom. The van der Waals surface area contributed by atoms with Crippen LogP contribution in [-0.2, 0) is 4.79 Å². The zero-order valence-electron chi connectivity index (χ0n) is 15.6. The van der Waals surface area contributed by atoms with E-state index in [1.807, 2.05) is 18.2 Å². The highest BCUT2D eigenvalue weighted by molar-refractivity contribution is 7.18. The van der Waals surface area contributed by atoms with Gasteiger partial charge in [0, 0.05) is 17.7 Å². The smallest absolute Gasteiger partial charge is 0.287 e. The minimum absolute atomic E-state index is 0.260. The normalized spacial score (nSPS) is 16.3. The van der Waals surface area contributed by atoms with Crippen LogP contribution >= 0.6 is 11.3 Å². The van der Waals surface area contributed by atoms with Crippen LogP contribution in [0.15, 0.2) is 46.8 Å². The monoisotopic (exact) mass is 394 g/mol. The lowest BCUT2D eigenvalue weighted by Gasteiger charge is -2.12. The molecule has 2 aromatic heterocycles. The molecule has 1 unspecified atom stereocenters. The molecule has 0 radical (unpaired) electrons. The number of rotatable bonds is 4. The molecule has 0 fully saturated rings. The number of anilines is 1. The maximum atomic E-state index is 12.7. The maximum Gasteiger partial charge on any atom is 0.287 e. The van der Waals surface area contributed by atoms with E-state index in [9.17, 15) is 9.59 Å². The van der Waals surface area contributed by atoms with Crippen molar-refractivity contribution in [3.8, 4) is 0 Å². The standard InChI is InChI=1S/C19H18N6O2S/c1-10(2)19-22-14-5-4-12(8-15(14)28-19)21-18(27)13-9-20-25(11(13)3)16-6-7-17(26)24-23-16/h4-10,16H,1-3H3,(H,21,27). The van der Waals surface area contributed by atoms with Crippen LogP contribution in [0, 0.1) is 6.92 Å². The molecule has 1 N–H and O–H groups in total. The quantitative estimate of drug-likeness (QED) is 0.715. The van der Waals surface area contributed by atoms with E-state index in [0.29, 0.717) is 22.9 Å². The maximum absolute atomic E-state index is 12.7. The molecule has 28 heavy (non-hydrogen) atoms. The third-order valence-electron chi connectivity index (χ3n) is 4.38. The van der Waals surface area contributed by atoms with Crippen molar-refractivity contribution in [3.05, 3.63) is 52.8 Å². The van der Waals surface area contributed by atoms with E-state index in [4.69, 9.17) is 0 Å². The fourth-order valence-corrected chi connectivity index (χ4v) is 3.87. The minimum Gasteiger partial charge on any atom is -0.322 e. The summed E-state index contributed by atoms with van der Waals surface area (Å²) in [5.74, 6) is -0.298. The number of hydrogen-bond acceptors (Lipinski definition) is 6. The van der Waals surface area contributed by atoms with Crippen molar-refractivity contribution in [1.29, 1.82) is 0 Å². The first kappa shape index (κ1) is 18.2. The van der Waals surface area contributed by atoms with Crippen LogP contribution in [0.25, 0.3) is 10.2 Å². The van der Waals surface area contributed by atoms with E-state index >= 15 is 0 Å². The SMILES string of the molecule is Cc1c(C(=O)Nc2ccc3nc(C(C)C)sc3c2)cnn1C1C=CC(=O)N=N1. The number of hydrogen-bond donors (Lipinski definition) is 1. The van der Waals surface area contributed by atoms with Crippen molar-refractivity contribution < 1.29 is 9.59 Å². The Morgan fingerprint density at radius 1 is 1.32 bits per heavy atom. The van der Waals surface area contributed by atoms with Crippen LogP contribution in [0.1, 0.15) is 47.0 Å². The average molecular weight is 394 g/mol. The van der Waals surface area contributed by atoms with Gasteiger partial charge in [-0.1, -0.05) is 13.8 Å². The Bertz CT molecular complexity index is 1120. The van der Waals surface area contributed by atoms with Crippen LogP contribution in [0.4, 0.5) is 5.69 Å². The van der Waals surface area contributed by atoms with Crippen LogP contribution in [0.2, 0.25) is 0 Å². The van der Waals surface area contributed by atoms with Crippen LogP contribution in [0.3, 0.4) is 0 Å². The van der Waals surface area contributed by atoms with Crippen molar-refractivity contribution in [1.82, 2.24) is 14.8 Å². The molecule has 0 saturated heterocycles. The highest BCUT2D eigenvalue weighted by atomic mass is 32.1. The second-order valence-electron chi connectivity index (χ2n) is 6.76. The van der Waals surface area contributed by atoms with Crippen molar-refractivity contribution in [2.45, 2.75) is 32.9 Å². The fraction of sp³-hybridized carbons (Fsp3) is 0.263. The summed E-state index contributed by atoms with van der Waals surface area (Å²) in [5, 5.41) is 15.6. The molecule has 4 rings (SSSR count). The zero-order chi connectivity index (χ0) is 19.8. The number of benzene rings is 1. The van der Waals surface area contributed by atoms with E-state index in [-0.39, 0.29) is 5.91 Å². The molecule has 8 nitrogen and oxygen atoms in total. The van der Waals surface area contributed by atoms with Gasteiger partial charge in [-0.2, -0.15) is 10.2 Å². The largest absolute Gasteiger partial charge is 0.322 e. The molecule has 1 atom stereocenters. The van der Waals surface area contributed by atoms with E-state index in [0.717, 1.165) is 15.2 Å². The van der Waals surface area contributed by atoms with Gasteiger partial charge in [0.05, 0.1) is 32.7 Å². The van der Waals surface area contributed by atoms with Crippen LogP contribution in [0.5, 0.6) is 0 Å². The van der Waals surface area contributed by atoms with Gasteiger partial charge in [-0.15, -0.1) is 16.5 Å². The number of nitrogens with zero attached hydrogens (tertiary/aromatic N) is 5. The van der Waals surface area contributed by atoms with Gasteiger partial charge in [-0.25, -0.2) is 9.67 Å². The molecular weight excluding hydrogens is 376 g/mol. The molecule has 0 aliphatic carbocycles. The van der Waals surface area contributed by atoms with Gasteiger partial charge in [-0.3, -0.25) is 9.59 Å². The van der Waals surface area contributed by atoms with E-state index in [1.54, 1.807) is 29.0 Å². The summed E-state index contributed by atoms with van der Waals surface area (Å²) in [5.41, 5.74) is 2.71. The van der Waals surface area contributed by atoms with E-state index in [1.165, 1.54) is 12.3 Å². The lowest BCUT2D eigenvalue weighted by molar-refractivity contribution is -0.114. The summed E-state index contributed by atoms with van der Waals surface area (Å²) in [6.07, 6.45) is 3.91. The van der Waals surface area contributed by atoms with Crippen molar-refractivity contribution in [3.63, 3.8) is 0 Å². The van der Waals surface area contributed by atoms with Crippen LogP contribution in [-0.4, -0.2) is 26.6 Å². The number of azo groups is 1. The number of amides is 2. The number of fused-ring (bicyclic) bond motifs is 1. The molecule has 0 bridgehead atoms.